The van der Waals surface area contributed by atoms with Crippen molar-refractivity contribution in [3.8, 4) is 17.6 Å². The van der Waals surface area contributed by atoms with Gasteiger partial charge in [-0.3, -0.25) is 14.8 Å². The summed E-state index contributed by atoms with van der Waals surface area (Å²) in [6.45, 7) is 2.93. The summed E-state index contributed by atoms with van der Waals surface area (Å²) in [7, 11) is 0. The lowest BCUT2D eigenvalue weighted by molar-refractivity contribution is -0.111. The zero-order valence-corrected chi connectivity index (χ0v) is 27.3. The molecule has 1 atom stereocenters. The minimum Gasteiger partial charge on any atom is -0.486 e. The molecule has 1 amide bonds. The number of aliphatic hydroxyl groups excluding tert-OH is 1. The first kappa shape index (κ1) is 34.6. The summed E-state index contributed by atoms with van der Waals surface area (Å²) >= 11 is 6.58. The van der Waals surface area contributed by atoms with Gasteiger partial charge in [-0.15, -0.1) is 0 Å². The van der Waals surface area contributed by atoms with Crippen LogP contribution < -0.4 is 25.4 Å². The van der Waals surface area contributed by atoms with Gasteiger partial charge in [-0.05, 0) is 55.8 Å². The minimum atomic E-state index is -0.321. The SMILES string of the molecule is N#Cc1cnc2cc(O[C@H]3CCOC3)c(NC(=O)/C=C/CNCCCCCCO)cc2c1Nc1ccc(OCc2ccccn2)c(Cl)c1. The third-order valence-corrected chi connectivity index (χ3v) is 7.92. The quantitative estimate of drug-likeness (QED) is 0.0746. The molecule has 1 aliphatic rings. The number of carbonyl (C=O) groups excluding carboxylic acids is 1. The molecule has 2 aromatic heterocycles. The molecule has 0 aliphatic carbocycles. The van der Waals surface area contributed by atoms with Gasteiger partial charge in [-0.2, -0.15) is 5.26 Å². The second-order valence-corrected chi connectivity index (χ2v) is 11.6. The molecule has 12 heteroatoms. The fourth-order valence-corrected chi connectivity index (χ4v) is 5.37. The highest BCUT2D eigenvalue weighted by atomic mass is 35.5. The normalized spacial score (nSPS) is 14.2. The average Bonchev–Trinajstić information content (AvgIpc) is 3.61. The van der Waals surface area contributed by atoms with Gasteiger partial charge in [0, 0.05) is 55.2 Å². The number of nitrogens with one attached hydrogen (secondary N) is 3. The number of amides is 1. The number of hydrogen-bond donors (Lipinski definition) is 4. The van der Waals surface area contributed by atoms with Crippen LogP contribution in [0.5, 0.6) is 11.5 Å². The highest BCUT2D eigenvalue weighted by Crippen LogP contribution is 2.38. The smallest absolute Gasteiger partial charge is 0.248 e. The lowest BCUT2D eigenvalue weighted by Gasteiger charge is -2.18. The van der Waals surface area contributed by atoms with Crippen LogP contribution in [0, 0.1) is 11.3 Å². The van der Waals surface area contributed by atoms with Crippen molar-refractivity contribution in [2.45, 2.75) is 44.8 Å². The number of hydrogen-bond acceptors (Lipinski definition) is 10. The number of anilines is 3. The van der Waals surface area contributed by atoms with Crippen molar-refractivity contribution in [2.24, 2.45) is 0 Å². The Kier molecular flexibility index (Phi) is 13.0. The first-order valence-electron chi connectivity index (χ1n) is 16.0. The Balaban J connectivity index is 1.34. The maximum absolute atomic E-state index is 13.0. The summed E-state index contributed by atoms with van der Waals surface area (Å²) in [6, 6.07) is 16.6. The first-order valence-corrected chi connectivity index (χ1v) is 16.4. The van der Waals surface area contributed by atoms with Gasteiger partial charge in [-0.1, -0.05) is 36.6 Å². The summed E-state index contributed by atoms with van der Waals surface area (Å²) in [4.78, 5) is 21.8. The Labute approximate surface area is 284 Å². The Morgan fingerprint density at radius 3 is 2.79 bits per heavy atom. The molecule has 250 valence electrons. The zero-order chi connectivity index (χ0) is 33.6. The molecule has 0 saturated carbocycles. The van der Waals surface area contributed by atoms with Crippen molar-refractivity contribution in [1.29, 1.82) is 5.26 Å². The lowest BCUT2D eigenvalue weighted by Crippen LogP contribution is -2.18. The van der Waals surface area contributed by atoms with Gasteiger partial charge in [0.25, 0.3) is 0 Å². The van der Waals surface area contributed by atoms with Crippen LogP contribution in [0.3, 0.4) is 0 Å². The van der Waals surface area contributed by atoms with E-state index in [9.17, 15) is 10.1 Å². The number of aliphatic hydroxyl groups is 1. The van der Waals surface area contributed by atoms with Gasteiger partial charge in [0.1, 0.15) is 30.3 Å². The lowest BCUT2D eigenvalue weighted by atomic mass is 10.1. The van der Waals surface area contributed by atoms with Crippen molar-refractivity contribution in [2.75, 3.05) is 43.5 Å². The van der Waals surface area contributed by atoms with Gasteiger partial charge in [-0.25, -0.2) is 0 Å². The Morgan fingerprint density at radius 2 is 2.02 bits per heavy atom. The molecule has 1 aliphatic heterocycles. The van der Waals surface area contributed by atoms with Gasteiger partial charge < -0.3 is 35.3 Å². The molecule has 1 fully saturated rings. The first-order chi connectivity index (χ1) is 23.5. The molecule has 2 aromatic carbocycles. The molecule has 0 bridgehead atoms. The molecular weight excluding hydrogens is 632 g/mol. The molecule has 5 rings (SSSR count). The third-order valence-electron chi connectivity index (χ3n) is 7.63. The number of halogens is 1. The van der Waals surface area contributed by atoms with E-state index in [4.69, 9.17) is 30.9 Å². The van der Waals surface area contributed by atoms with E-state index in [0.29, 0.717) is 69.8 Å². The summed E-state index contributed by atoms with van der Waals surface area (Å²) in [5.41, 5.74) is 3.24. The molecule has 0 radical (unpaired) electrons. The van der Waals surface area contributed by atoms with E-state index in [1.807, 2.05) is 18.2 Å². The van der Waals surface area contributed by atoms with Crippen LogP contribution in [0.2, 0.25) is 5.02 Å². The maximum Gasteiger partial charge on any atom is 0.248 e. The van der Waals surface area contributed by atoms with Crippen LogP contribution in [0.25, 0.3) is 10.9 Å². The molecule has 11 nitrogen and oxygen atoms in total. The van der Waals surface area contributed by atoms with Gasteiger partial charge in [0.05, 0.1) is 46.4 Å². The van der Waals surface area contributed by atoms with Crippen LogP contribution in [-0.2, 0) is 16.1 Å². The largest absolute Gasteiger partial charge is 0.486 e. The Bertz CT molecular complexity index is 1740. The van der Waals surface area contributed by atoms with E-state index >= 15 is 0 Å². The maximum atomic E-state index is 13.0. The van der Waals surface area contributed by atoms with Crippen molar-refractivity contribution < 1.29 is 24.1 Å². The van der Waals surface area contributed by atoms with Gasteiger partial charge >= 0.3 is 0 Å². The molecule has 1 saturated heterocycles. The van der Waals surface area contributed by atoms with Crippen molar-refractivity contribution in [3.05, 3.63) is 89.4 Å². The van der Waals surface area contributed by atoms with Crippen LogP contribution in [0.1, 0.15) is 43.4 Å². The predicted octanol–water partition coefficient (Wildman–Crippen LogP) is 6.28. The number of fused-ring (bicyclic) bond motifs is 1. The fraction of sp³-hybridized carbons (Fsp3) is 0.333. The summed E-state index contributed by atoms with van der Waals surface area (Å²) < 4.78 is 17.6. The van der Waals surface area contributed by atoms with Crippen molar-refractivity contribution in [1.82, 2.24) is 15.3 Å². The van der Waals surface area contributed by atoms with Gasteiger partial charge in [0.15, 0.2) is 0 Å². The fourth-order valence-electron chi connectivity index (χ4n) is 5.14. The molecule has 0 unspecified atom stereocenters. The standard InChI is InChI=1S/C36H39ClN6O5/c37-30-18-26(10-11-33(30)47-23-27-8-3-5-15-40-27)42-36-25(21-38)22-41-31-20-34(48-28-12-17-46-24-28)32(19-29(31)36)43-35(45)9-7-14-39-13-4-1-2-6-16-44/h3,5,7-11,15,18-20,22,28,39,44H,1-2,4,6,12-14,16-17,23-24H2,(H,41,42)(H,43,45)/b9-7+/t28-/m0/s1. The van der Waals surface area contributed by atoms with Crippen LogP contribution >= 0.6 is 11.6 Å². The molecule has 4 N–H and O–H groups in total. The molecule has 48 heavy (non-hydrogen) atoms. The number of unbranched alkanes of at least 4 members (excludes halogenated alkanes) is 3. The minimum absolute atomic E-state index is 0.160. The Morgan fingerprint density at radius 1 is 1.12 bits per heavy atom. The van der Waals surface area contributed by atoms with Gasteiger partial charge in [0.2, 0.25) is 5.91 Å². The van der Waals surface area contributed by atoms with E-state index in [1.165, 1.54) is 12.3 Å². The summed E-state index contributed by atoms with van der Waals surface area (Å²) in [6.07, 6.45) is 10.9. The molecule has 3 heterocycles. The highest BCUT2D eigenvalue weighted by molar-refractivity contribution is 6.32. The van der Waals surface area contributed by atoms with Crippen molar-refractivity contribution in [3.63, 3.8) is 0 Å². The highest BCUT2D eigenvalue weighted by Gasteiger charge is 2.21. The number of carbonyl (C=O) groups is 1. The topological polar surface area (TPSA) is 151 Å². The van der Waals surface area contributed by atoms with Crippen LogP contribution in [-0.4, -0.2) is 60.0 Å². The van der Waals surface area contributed by atoms with E-state index in [-0.39, 0.29) is 25.2 Å². The monoisotopic (exact) mass is 670 g/mol. The number of aromatic nitrogens is 2. The van der Waals surface area contributed by atoms with E-state index in [1.54, 1.807) is 42.6 Å². The second-order valence-electron chi connectivity index (χ2n) is 11.2. The van der Waals surface area contributed by atoms with E-state index in [0.717, 1.165) is 44.3 Å². The number of ether oxygens (including phenoxy) is 3. The third kappa shape index (κ3) is 9.89. The summed E-state index contributed by atoms with van der Waals surface area (Å²) in [5.74, 6) is 0.636. The number of nitrogens with zero attached hydrogens (tertiary/aromatic N) is 3. The second kappa shape index (κ2) is 18.0. The molecule has 4 aromatic rings. The zero-order valence-electron chi connectivity index (χ0n) is 26.6. The van der Waals surface area contributed by atoms with E-state index in [2.05, 4.69) is 32.0 Å². The van der Waals surface area contributed by atoms with E-state index < -0.39 is 0 Å². The molecule has 0 spiro atoms. The van der Waals surface area contributed by atoms with Crippen LogP contribution in [0.15, 0.2) is 73.1 Å². The predicted molar refractivity (Wildman–Crippen MR) is 186 cm³/mol. The number of rotatable bonds is 17. The average molecular weight is 671 g/mol. The number of nitriles is 1. The Hall–Kier alpha value is -4.73. The number of benzene rings is 2. The molecular formula is C36H39ClN6O5. The van der Waals surface area contributed by atoms with Crippen LogP contribution in [0.4, 0.5) is 17.1 Å². The number of pyridine rings is 2. The summed E-state index contributed by atoms with van der Waals surface area (Å²) in [5, 5.41) is 29.4. The van der Waals surface area contributed by atoms with Crippen molar-refractivity contribution >= 4 is 45.5 Å².